The van der Waals surface area contributed by atoms with E-state index in [2.05, 4.69) is 34.5 Å². The van der Waals surface area contributed by atoms with Crippen LogP contribution >= 0.6 is 0 Å². The monoisotopic (exact) mass is 651 g/mol. The Bertz CT molecular complexity index is 1780. The molecule has 6 rings (SSSR count). The van der Waals surface area contributed by atoms with Crippen molar-refractivity contribution in [1.82, 2.24) is 24.6 Å². The number of aromatic nitrogens is 3. The minimum absolute atomic E-state index is 0.0538. The van der Waals surface area contributed by atoms with Gasteiger partial charge < -0.3 is 24.3 Å². The molecule has 2 aliphatic rings. The Balaban J connectivity index is 1.30. The number of hydrogen-bond acceptors (Lipinski definition) is 7. The zero-order valence-corrected chi connectivity index (χ0v) is 28.1. The highest BCUT2D eigenvalue weighted by Crippen LogP contribution is 2.36. The lowest BCUT2D eigenvalue weighted by atomic mass is 9.85. The number of amides is 1. The molecule has 1 amide bonds. The highest BCUT2D eigenvalue weighted by atomic mass is 16.5. The van der Waals surface area contributed by atoms with Gasteiger partial charge in [0.05, 0.1) is 36.3 Å². The number of Topliss-reactive ketones (excluding diaryl/α,β-unsaturated/α-hetero) is 1. The van der Waals surface area contributed by atoms with Crippen LogP contribution in [0.5, 0.6) is 0 Å². The van der Waals surface area contributed by atoms with E-state index in [-0.39, 0.29) is 41.2 Å². The van der Waals surface area contributed by atoms with Crippen molar-refractivity contribution < 1.29 is 19.1 Å². The fraction of sp³-hybridized carbons (Fsp3) is 0.421. The van der Waals surface area contributed by atoms with Gasteiger partial charge in [0.2, 0.25) is 0 Å². The summed E-state index contributed by atoms with van der Waals surface area (Å²) in [5, 5.41) is 7.98. The fourth-order valence-electron chi connectivity index (χ4n) is 7.12. The quantitative estimate of drug-likeness (QED) is 0.243. The largest absolute Gasteiger partial charge is 0.383 e. The van der Waals surface area contributed by atoms with Gasteiger partial charge in [-0.25, -0.2) is 4.68 Å². The molecule has 0 radical (unpaired) electrons. The maximum atomic E-state index is 14.0. The molecule has 2 fully saturated rings. The minimum atomic E-state index is -0.424. The van der Waals surface area contributed by atoms with Gasteiger partial charge in [0.1, 0.15) is 11.3 Å². The van der Waals surface area contributed by atoms with Gasteiger partial charge in [0.15, 0.2) is 0 Å². The number of nitrogens with zero attached hydrogens (tertiary/aromatic N) is 4. The first kappa shape index (κ1) is 33.5. The van der Waals surface area contributed by atoms with Gasteiger partial charge in [-0.15, -0.1) is 0 Å². The summed E-state index contributed by atoms with van der Waals surface area (Å²) in [7, 11) is 3.36. The number of likely N-dealkylation sites (tertiary alicyclic amines) is 1. The van der Waals surface area contributed by atoms with Crippen molar-refractivity contribution in [2.24, 2.45) is 13.0 Å². The van der Waals surface area contributed by atoms with Gasteiger partial charge >= 0.3 is 0 Å². The number of methoxy groups -OCH3 is 1. The van der Waals surface area contributed by atoms with Gasteiger partial charge in [-0.2, -0.15) is 5.10 Å². The smallest absolute Gasteiger partial charge is 0.263 e. The van der Waals surface area contributed by atoms with Crippen LogP contribution in [0.1, 0.15) is 52.4 Å². The molecule has 10 heteroatoms. The molecule has 0 saturated carbocycles. The average molecular weight is 652 g/mol. The molecule has 2 saturated heterocycles. The van der Waals surface area contributed by atoms with E-state index < -0.39 is 5.91 Å². The van der Waals surface area contributed by atoms with Crippen LogP contribution in [-0.4, -0.2) is 83.5 Å². The minimum Gasteiger partial charge on any atom is -0.383 e. The molecule has 2 aliphatic heterocycles. The summed E-state index contributed by atoms with van der Waals surface area (Å²) in [6, 6.07) is 21.7. The number of hydrogen-bond donors (Lipinski definition) is 1. The lowest BCUT2D eigenvalue weighted by Gasteiger charge is -2.23. The second-order valence-electron chi connectivity index (χ2n) is 13.1. The summed E-state index contributed by atoms with van der Waals surface area (Å²) >= 11 is 0. The Hall–Kier alpha value is -4.38. The molecule has 2 aromatic carbocycles. The lowest BCUT2D eigenvalue weighted by Crippen LogP contribution is -2.42. The SMILES string of the molecule is COCCN1C[C@@H](CC(=O)Cc2c(C)c(-c3cc(C(=O)N[C@@H]4CCCOC4)c(=O)n(C)c3)nn2-c2ccccc2)[C@H](c2ccccc2)C1. The third-order valence-electron chi connectivity index (χ3n) is 9.65. The molecule has 2 aromatic heterocycles. The zero-order valence-electron chi connectivity index (χ0n) is 28.1. The Morgan fingerprint density at radius 1 is 1.06 bits per heavy atom. The Morgan fingerprint density at radius 2 is 1.81 bits per heavy atom. The van der Waals surface area contributed by atoms with Crippen molar-refractivity contribution in [2.75, 3.05) is 46.6 Å². The number of benzene rings is 2. The number of pyridine rings is 1. The van der Waals surface area contributed by atoms with Crippen molar-refractivity contribution in [3.8, 4) is 16.9 Å². The van der Waals surface area contributed by atoms with E-state index in [1.165, 1.54) is 10.1 Å². The van der Waals surface area contributed by atoms with Gasteiger partial charge in [-0.05, 0) is 55.0 Å². The molecular formula is C38H45N5O5. The maximum absolute atomic E-state index is 14.0. The van der Waals surface area contributed by atoms with Crippen LogP contribution in [0, 0.1) is 12.8 Å². The van der Waals surface area contributed by atoms with Crippen molar-refractivity contribution in [1.29, 1.82) is 0 Å². The van der Waals surface area contributed by atoms with Crippen molar-refractivity contribution in [3.05, 3.63) is 106 Å². The predicted molar refractivity (Wildman–Crippen MR) is 185 cm³/mol. The predicted octanol–water partition coefficient (Wildman–Crippen LogP) is 4.32. The third kappa shape index (κ3) is 7.51. The van der Waals surface area contributed by atoms with Crippen molar-refractivity contribution in [3.63, 3.8) is 0 Å². The highest BCUT2D eigenvalue weighted by molar-refractivity contribution is 5.95. The van der Waals surface area contributed by atoms with E-state index in [4.69, 9.17) is 14.6 Å². The Morgan fingerprint density at radius 3 is 2.52 bits per heavy atom. The first-order chi connectivity index (χ1) is 23.3. The topological polar surface area (TPSA) is 108 Å². The van der Waals surface area contributed by atoms with Crippen LogP contribution in [0.3, 0.4) is 0 Å². The number of carbonyl (C=O) groups is 2. The van der Waals surface area contributed by atoms with Gasteiger partial charge in [-0.1, -0.05) is 48.5 Å². The molecule has 0 spiro atoms. The van der Waals surface area contributed by atoms with E-state index >= 15 is 0 Å². The third-order valence-corrected chi connectivity index (χ3v) is 9.65. The number of carbonyl (C=O) groups excluding carboxylic acids is 2. The number of para-hydroxylation sites is 1. The number of ketones is 1. The summed E-state index contributed by atoms with van der Waals surface area (Å²) < 4.78 is 14.1. The number of rotatable bonds is 12. The normalized spacial score (nSPS) is 19.8. The number of ether oxygens (including phenoxy) is 2. The summed E-state index contributed by atoms with van der Waals surface area (Å²) in [6.45, 7) is 6.30. The average Bonchev–Trinajstić information content (AvgIpc) is 3.66. The first-order valence-electron chi connectivity index (χ1n) is 16.8. The van der Waals surface area contributed by atoms with Crippen LogP contribution in [-0.2, 0) is 27.7 Å². The van der Waals surface area contributed by atoms with Gasteiger partial charge in [-0.3, -0.25) is 14.4 Å². The molecule has 0 unspecified atom stereocenters. The molecular weight excluding hydrogens is 606 g/mol. The van der Waals surface area contributed by atoms with E-state index in [0.717, 1.165) is 49.4 Å². The molecule has 0 bridgehead atoms. The molecule has 4 aromatic rings. The van der Waals surface area contributed by atoms with E-state index in [1.54, 1.807) is 26.4 Å². The summed E-state index contributed by atoms with van der Waals surface area (Å²) in [5.41, 5.74) is 4.66. The fourth-order valence-corrected chi connectivity index (χ4v) is 7.12. The summed E-state index contributed by atoms with van der Waals surface area (Å²) in [5.74, 6) is 0.172. The molecule has 1 N–H and O–H groups in total. The molecule has 4 heterocycles. The van der Waals surface area contributed by atoms with E-state index in [0.29, 0.717) is 37.5 Å². The van der Waals surface area contributed by atoms with Crippen LogP contribution < -0.4 is 10.9 Å². The van der Waals surface area contributed by atoms with Gasteiger partial charge in [0, 0.05) is 70.9 Å². The van der Waals surface area contributed by atoms with E-state index in [9.17, 15) is 14.4 Å². The van der Waals surface area contributed by atoms with Crippen molar-refractivity contribution >= 4 is 11.7 Å². The summed E-state index contributed by atoms with van der Waals surface area (Å²) in [4.78, 5) is 42.8. The number of aryl methyl sites for hydroxylation is 1. The molecule has 48 heavy (non-hydrogen) atoms. The number of nitrogens with one attached hydrogen (secondary N) is 1. The zero-order chi connectivity index (χ0) is 33.6. The van der Waals surface area contributed by atoms with E-state index in [1.807, 2.05) is 48.0 Å². The van der Waals surface area contributed by atoms with Crippen LogP contribution in [0.15, 0.2) is 77.7 Å². The standard InChI is InChI=1S/C38H45N5O5/c1-26-35(21-32(44)19-28-23-42(16-18-47-3)24-34(28)27-11-6-4-7-12-27)43(31-14-8-5-9-15-31)40-36(26)29-20-33(38(46)41(2)22-29)37(45)39-30-13-10-17-48-25-30/h4-9,11-12,14-15,20,22,28,30,34H,10,13,16-19,21,23-25H2,1-3H3,(H,39,45)/t28-,30-,34+/m1/s1. The van der Waals surface area contributed by atoms with Gasteiger partial charge in [0.25, 0.3) is 11.5 Å². The van der Waals surface area contributed by atoms with Crippen LogP contribution in [0.4, 0.5) is 0 Å². The maximum Gasteiger partial charge on any atom is 0.263 e. The second-order valence-corrected chi connectivity index (χ2v) is 13.1. The molecule has 252 valence electrons. The first-order valence-corrected chi connectivity index (χ1v) is 16.8. The molecule has 10 nitrogen and oxygen atoms in total. The van der Waals surface area contributed by atoms with Crippen molar-refractivity contribution in [2.45, 2.75) is 44.6 Å². The second kappa shape index (κ2) is 15.2. The van der Waals surface area contributed by atoms with Crippen LogP contribution in [0.25, 0.3) is 16.9 Å². The van der Waals surface area contributed by atoms with Crippen LogP contribution in [0.2, 0.25) is 0 Å². The Kier molecular flexibility index (Phi) is 10.6. The molecule has 0 aliphatic carbocycles. The summed E-state index contributed by atoms with van der Waals surface area (Å²) in [6.07, 6.45) is 4.04. The Labute approximate surface area is 281 Å². The molecule has 3 atom stereocenters. The lowest BCUT2D eigenvalue weighted by molar-refractivity contribution is -0.119. The highest BCUT2D eigenvalue weighted by Gasteiger charge is 2.35.